The van der Waals surface area contributed by atoms with E-state index in [1.807, 2.05) is 49.0 Å². The topological polar surface area (TPSA) is 23.5 Å². The number of benzene rings is 1. The fraction of sp³-hybridized carbons (Fsp3) is 0.571. The Balaban J connectivity index is 2.06. The van der Waals surface area contributed by atoms with E-state index in [4.69, 9.17) is 0 Å². The minimum absolute atomic E-state index is 0.559. The Kier molecular flexibility index (Phi) is 4.13. The molecular weight excluding hydrogens is 230 g/mol. The van der Waals surface area contributed by atoms with Gasteiger partial charge in [0, 0.05) is 30.6 Å². The molecule has 1 aromatic carbocycles. The second kappa shape index (κ2) is 5.42. The zero-order valence-corrected chi connectivity index (χ0v) is 11.4. The van der Waals surface area contributed by atoms with Gasteiger partial charge in [-0.25, -0.2) is 0 Å². The van der Waals surface area contributed by atoms with E-state index in [0.29, 0.717) is 6.04 Å². The summed E-state index contributed by atoms with van der Waals surface area (Å²) in [6, 6.07) is 10.5. The summed E-state index contributed by atoms with van der Waals surface area (Å²) < 4.78 is 0. The summed E-state index contributed by atoms with van der Waals surface area (Å²) in [5, 5.41) is 10.6. The van der Waals surface area contributed by atoms with Crippen LogP contribution < -0.4 is 0 Å². The minimum atomic E-state index is -0.752. The van der Waals surface area contributed by atoms with Crippen molar-refractivity contribution >= 4 is 11.8 Å². The Bertz CT molecular complexity index is 352. The lowest BCUT2D eigenvalue weighted by molar-refractivity contribution is 0.00809. The summed E-state index contributed by atoms with van der Waals surface area (Å²) in [5.74, 6) is 2.35. The van der Waals surface area contributed by atoms with Gasteiger partial charge in [0.2, 0.25) is 0 Å². The standard InChI is InChI=1S/C14H21NOS/c1-12-10-17-9-8-15(12)11-14(2,16)13-6-4-3-5-7-13/h3-7,12,16H,8-11H2,1-2H3. The van der Waals surface area contributed by atoms with E-state index in [1.54, 1.807) is 0 Å². The molecule has 1 N–H and O–H groups in total. The van der Waals surface area contributed by atoms with Gasteiger partial charge >= 0.3 is 0 Å². The average molecular weight is 251 g/mol. The third kappa shape index (κ3) is 3.24. The van der Waals surface area contributed by atoms with Crippen LogP contribution in [0.15, 0.2) is 30.3 Å². The predicted octanol–water partition coefficient (Wildman–Crippen LogP) is 2.33. The van der Waals surface area contributed by atoms with Gasteiger partial charge in [0.25, 0.3) is 0 Å². The Labute approximate surface area is 108 Å². The Morgan fingerprint density at radius 1 is 1.41 bits per heavy atom. The van der Waals surface area contributed by atoms with Gasteiger partial charge in [-0.3, -0.25) is 4.90 Å². The third-order valence-electron chi connectivity index (χ3n) is 3.41. The molecule has 0 radical (unpaired) electrons. The lowest BCUT2D eigenvalue weighted by Crippen LogP contribution is -2.47. The summed E-state index contributed by atoms with van der Waals surface area (Å²) in [5.41, 5.74) is 0.253. The molecule has 2 atom stereocenters. The van der Waals surface area contributed by atoms with Crippen LogP contribution in [0.5, 0.6) is 0 Å². The molecule has 1 saturated heterocycles. The average Bonchev–Trinajstić information content (AvgIpc) is 2.33. The first-order chi connectivity index (χ1) is 8.09. The largest absolute Gasteiger partial charge is 0.384 e. The summed E-state index contributed by atoms with van der Waals surface area (Å²) in [6.45, 7) is 5.96. The zero-order chi connectivity index (χ0) is 12.3. The number of nitrogens with zero attached hydrogens (tertiary/aromatic N) is 1. The number of hydrogen-bond donors (Lipinski definition) is 1. The van der Waals surface area contributed by atoms with Gasteiger partial charge in [-0.2, -0.15) is 11.8 Å². The van der Waals surface area contributed by atoms with Crippen LogP contribution in [0.25, 0.3) is 0 Å². The van der Waals surface area contributed by atoms with Crippen LogP contribution in [0.3, 0.4) is 0 Å². The van der Waals surface area contributed by atoms with Crippen LogP contribution in [-0.2, 0) is 5.60 Å². The summed E-state index contributed by atoms with van der Waals surface area (Å²) in [6.07, 6.45) is 0. The monoisotopic (exact) mass is 251 g/mol. The highest BCUT2D eigenvalue weighted by molar-refractivity contribution is 7.99. The molecule has 1 aliphatic rings. The first-order valence-corrected chi connectivity index (χ1v) is 7.35. The predicted molar refractivity (Wildman–Crippen MR) is 74.4 cm³/mol. The maximum atomic E-state index is 10.6. The number of aliphatic hydroxyl groups is 1. The lowest BCUT2D eigenvalue weighted by atomic mass is 9.95. The third-order valence-corrected chi connectivity index (χ3v) is 4.60. The maximum absolute atomic E-state index is 10.6. The first kappa shape index (κ1) is 12.9. The Morgan fingerprint density at radius 2 is 2.12 bits per heavy atom. The van der Waals surface area contributed by atoms with Crippen LogP contribution in [0.2, 0.25) is 0 Å². The molecule has 3 heteroatoms. The highest BCUT2D eigenvalue weighted by Gasteiger charge is 2.29. The Morgan fingerprint density at radius 3 is 2.76 bits per heavy atom. The van der Waals surface area contributed by atoms with Crippen LogP contribution in [-0.4, -0.2) is 40.6 Å². The van der Waals surface area contributed by atoms with E-state index in [0.717, 1.165) is 18.7 Å². The molecule has 0 aliphatic carbocycles. The molecule has 1 fully saturated rings. The number of hydrogen-bond acceptors (Lipinski definition) is 3. The van der Waals surface area contributed by atoms with Crippen LogP contribution in [0, 0.1) is 0 Å². The van der Waals surface area contributed by atoms with Gasteiger partial charge < -0.3 is 5.11 Å². The van der Waals surface area contributed by atoms with Crippen molar-refractivity contribution in [2.45, 2.75) is 25.5 Å². The van der Waals surface area contributed by atoms with E-state index in [2.05, 4.69) is 11.8 Å². The second-order valence-electron chi connectivity index (χ2n) is 5.03. The number of thioether (sulfide) groups is 1. The molecule has 0 saturated carbocycles. The van der Waals surface area contributed by atoms with Crippen LogP contribution >= 0.6 is 11.8 Å². The summed E-state index contributed by atoms with van der Waals surface area (Å²) in [4.78, 5) is 2.39. The molecule has 0 bridgehead atoms. The molecule has 1 aromatic rings. The van der Waals surface area contributed by atoms with Crippen LogP contribution in [0.4, 0.5) is 0 Å². The van der Waals surface area contributed by atoms with Crippen molar-refractivity contribution in [3.8, 4) is 0 Å². The van der Waals surface area contributed by atoms with Crippen molar-refractivity contribution in [2.75, 3.05) is 24.6 Å². The van der Waals surface area contributed by atoms with Gasteiger partial charge in [0.15, 0.2) is 0 Å². The summed E-state index contributed by atoms with van der Waals surface area (Å²) >= 11 is 2.01. The molecule has 17 heavy (non-hydrogen) atoms. The van der Waals surface area contributed by atoms with Crippen molar-refractivity contribution in [1.29, 1.82) is 0 Å². The quantitative estimate of drug-likeness (QED) is 0.892. The fourth-order valence-corrected chi connectivity index (χ4v) is 3.36. The van der Waals surface area contributed by atoms with Crippen molar-refractivity contribution in [2.24, 2.45) is 0 Å². The van der Waals surface area contributed by atoms with Crippen molar-refractivity contribution in [3.63, 3.8) is 0 Å². The fourth-order valence-electron chi connectivity index (χ4n) is 2.28. The van der Waals surface area contributed by atoms with Gasteiger partial charge in [-0.1, -0.05) is 30.3 Å². The van der Waals surface area contributed by atoms with E-state index in [9.17, 15) is 5.11 Å². The van der Waals surface area contributed by atoms with E-state index < -0.39 is 5.60 Å². The van der Waals surface area contributed by atoms with Gasteiger partial charge in [0.1, 0.15) is 0 Å². The van der Waals surface area contributed by atoms with E-state index >= 15 is 0 Å². The molecular formula is C14H21NOS. The number of β-amino-alcohol motifs (C(OH)–C–C–N with tert-alkyl or cyclic N) is 1. The highest BCUT2D eigenvalue weighted by atomic mass is 32.2. The Hall–Kier alpha value is -0.510. The first-order valence-electron chi connectivity index (χ1n) is 6.19. The summed E-state index contributed by atoms with van der Waals surface area (Å²) in [7, 11) is 0. The smallest absolute Gasteiger partial charge is 0.0994 e. The van der Waals surface area contributed by atoms with Crippen molar-refractivity contribution in [1.82, 2.24) is 4.90 Å². The van der Waals surface area contributed by atoms with Crippen LogP contribution in [0.1, 0.15) is 19.4 Å². The van der Waals surface area contributed by atoms with Gasteiger partial charge in [-0.05, 0) is 19.4 Å². The molecule has 0 aromatic heterocycles. The minimum Gasteiger partial charge on any atom is -0.384 e. The van der Waals surface area contributed by atoms with E-state index in [-0.39, 0.29) is 0 Å². The van der Waals surface area contributed by atoms with Gasteiger partial charge in [-0.15, -0.1) is 0 Å². The molecule has 1 heterocycles. The lowest BCUT2D eigenvalue weighted by Gasteiger charge is -2.38. The maximum Gasteiger partial charge on any atom is 0.0994 e. The van der Waals surface area contributed by atoms with Crippen molar-refractivity contribution < 1.29 is 5.11 Å². The highest BCUT2D eigenvalue weighted by Crippen LogP contribution is 2.25. The molecule has 2 unspecified atom stereocenters. The zero-order valence-electron chi connectivity index (χ0n) is 10.6. The number of rotatable bonds is 3. The van der Waals surface area contributed by atoms with Gasteiger partial charge in [0.05, 0.1) is 5.60 Å². The molecule has 94 valence electrons. The molecule has 0 amide bonds. The van der Waals surface area contributed by atoms with Crippen molar-refractivity contribution in [3.05, 3.63) is 35.9 Å². The molecule has 0 spiro atoms. The SMILES string of the molecule is CC1CSCCN1CC(C)(O)c1ccccc1. The second-order valence-corrected chi connectivity index (χ2v) is 6.18. The molecule has 2 rings (SSSR count). The molecule has 1 aliphatic heterocycles. The molecule has 2 nitrogen and oxygen atoms in total. The van der Waals surface area contributed by atoms with E-state index in [1.165, 1.54) is 11.5 Å². The normalized spacial score (nSPS) is 25.5.